The number of rotatable bonds is 2. The Morgan fingerprint density at radius 3 is 3.08 bits per heavy atom. The minimum Gasteiger partial charge on any atom is -0.380 e. The lowest BCUT2D eigenvalue weighted by Gasteiger charge is -2.27. The molecule has 0 saturated carbocycles. The summed E-state index contributed by atoms with van der Waals surface area (Å²) in [5.74, 6) is 0.555. The van der Waals surface area contributed by atoms with Crippen molar-refractivity contribution in [2.24, 2.45) is 11.3 Å². The van der Waals surface area contributed by atoms with E-state index in [-0.39, 0.29) is 5.41 Å². The molecule has 2 unspecified atom stereocenters. The van der Waals surface area contributed by atoms with Gasteiger partial charge in [0.1, 0.15) is 6.71 Å². The highest BCUT2D eigenvalue weighted by atomic mass is 16.5. The van der Waals surface area contributed by atoms with Crippen LogP contribution in [0.2, 0.25) is 20.0 Å². The van der Waals surface area contributed by atoms with Gasteiger partial charge in [0.05, 0.1) is 13.2 Å². The van der Waals surface area contributed by atoms with Gasteiger partial charge in [0.15, 0.2) is 0 Å². The molecule has 74 valence electrons. The van der Waals surface area contributed by atoms with Crippen molar-refractivity contribution in [3.63, 3.8) is 0 Å². The molecule has 0 aromatic carbocycles. The van der Waals surface area contributed by atoms with E-state index in [0.29, 0.717) is 12.6 Å². The van der Waals surface area contributed by atoms with Crippen LogP contribution in [0.3, 0.4) is 0 Å². The lowest BCUT2D eigenvalue weighted by atomic mass is 9.45. The Hall–Kier alpha value is -0.0551. The Morgan fingerprint density at radius 2 is 2.38 bits per heavy atom. The highest BCUT2D eigenvalue weighted by molar-refractivity contribution is 6.55. The topological polar surface area (TPSA) is 32.7 Å². The summed E-state index contributed by atoms with van der Waals surface area (Å²) in [6, 6.07) is 0. The van der Waals surface area contributed by atoms with E-state index < -0.39 is 0 Å². The van der Waals surface area contributed by atoms with Crippen LogP contribution in [-0.2, 0) is 4.74 Å². The fourth-order valence-corrected chi connectivity index (χ4v) is 2.91. The first-order valence-electron chi connectivity index (χ1n) is 5.14. The molecule has 4 heteroatoms. The van der Waals surface area contributed by atoms with Crippen molar-refractivity contribution in [3.05, 3.63) is 0 Å². The standard InChI is InChI=1S/C9H18BNO2/c1-10(2)5-9-6-11(12)3-8(9)4-13-7-9/h8,12H,3-7H2,1-2H3. The third-order valence-electron chi connectivity index (χ3n) is 3.32. The Kier molecular flexibility index (Phi) is 2.38. The van der Waals surface area contributed by atoms with Gasteiger partial charge in [0.25, 0.3) is 0 Å². The van der Waals surface area contributed by atoms with E-state index in [2.05, 4.69) is 13.6 Å². The predicted molar refractivity (Wildman–Crippen MR) is 52.4 cm³/mol. The zero-order valence-corrected chi connectivity index (χ0v) is 8.49. The average Bonchev–Trinajstić information content (AvgIpc) is 2.40. The van der Waals surface area contributed by atoms with Gasteiger partial charge in [-0.3, -0.25) is 0 Å². The normalized spacial score (nSPS) is 39.5. The first-order valence-corrected chi connectivity index (χ1v) is 5.14. The molecule has 0 spiro atoms. The number of hydrogen-bond acceptors (Lipinski definition) is 3. The maximum absolute atomic E-state index is 9.49. The summed E-state index contributed by atoms with van der Waals surface area (Å²) in [5, 5.41) is 11.0. The molecule has 2 heterocycles. The second-order valence-corrected chi connectivity index (χ2v) is 5.02. The van der Waals surface area contributed by atoms with E-state index >= 15 is 0 Å². The maximum Gasteiger partial charge on any atom is 0.134 e. The number of hydrogen-bond donors (Lipinski definition) is 1. The number of fused-ring (bicyclic) bond motifs is 1. The van der Waals surface area contributed by atoms with E-state index in [1.54, 1.807) is 0 Å². The van der Waals surface area contributed by atoms with Crippen LogP contribution in [0.15, 0.2) is 0 Å². The zero-order chi connectivity index (χ0) is 9.47. The van der Waals surface area contributed by atoms with Gasteiger partial charge < -0.3 is 9.94 Å². The molecule has 1 N–H and O–H groups in total. The molecule has 2 aliphatic rings. The van der Waals surface area contributed by atoms with Crippen molar-refractivity contribution in [1.82, 2.24) is 5.06 Å². The molecule has 0 aromatic heterocycles. The van der Waals surface area contributed by atoms with Gasteiger partial charge in [0, 0.05) is 24.4 Å². The van der Waals surface area contributed by atoms with E-state index in [1.807, 2.05) is 0 Å². The monoisotopic (exact) mass is 183 g/mol. The first kappa shape index (κ1) is 9.50. The van der Waals surface area contributed by atoms with Crippen LogP contribution in [0.5, 0.6) is 0 Å². The summed E-state index contributed by atoms with van der Waals surface area (Å²) in [4.78, 5) is 0. The third kappa shape index (κ3) is 1.63. The second kappa shape index (κ2) is 3.26. The summed E-state index contributed by atoms with van der Waals surface area (Å²) in [5.41, 5.74) is 0.253. The van der Waals surface area contributed by atoms with Gasteiger partial charge in [-0.05, 0) is 0 Å². The molecule has 13 heavy (non-hydrogen) atoms. The Morgan fingerprint density at radius 1 is 1.62 bits per heavy atom. The largest absolute Gasteiger partial charge is 0.380 e. The molecule has 3 nitrogen and oxygen atoms in total. The highest BCUT2D eigenvalue weighted by Crippen LogP contribution is 2.44. The Bertz CT molecular complexity index is 200. The van der Waals surface area contributed by atoms with Gasteiger partial charge in [0.2, 0.25) is 0 Å². The molecule has 0 bridgehead atoms. The summed E-state index contributed by atoms with van der Waals surface area (Å²) in [7, 11) is 0. The minimum absolute atomic E-state index is 0.253. The van der Waals surface area contributed by atoms with Gasteiger partial charge in [-0.2, -0.15) is 5.06 Å². The molecule has 0 aliphatic carbocycles. The van der Waals surface area contributed by atoms with E-state index in [1.165, 1.54) is 11.4 Å². The quantitative estimate of drug-likeness (QED) is 0.650. The molecule has 0 amide bonds. The molecular weight excluding hydrogens is 165 g/mol. The number of ether oxygens (including phenoxy) is 1. The number of nitrogens with zero attached hydrogens (tertiary/aromatic N) is 1. The molecule has 2 rings (SSSR count). The molecule has 0 radical (unpaired) electrons. The molecule has 2 saturated heterocycles. The van der Waals surface area contributed by atoms with E-state index in [4.69, 9.17) is 4.74 Å². The average molecular weight is 183 g/mol. The lowest BCUT2D eigenvalue weighted by Crippen LogP contribution is -2.33. The Balaban J connectivity index is 2.09. The van der Waals surface area contributed by atoms with Gasteiger partial charge in [-0.15, -0.1) is 0 Å². The molecule has 0 aromatic rings. The van der Waals surface area contributed by atoms with Crippen LogP contribution < -0.4 is 0 Å². The van der Waals surface area contributed by atoms with Crippen LogP contribution >= 0.6 is 0 Å². The molecule has 2 fully saturated rings. The lowest BCUT2D eigenvalue weighted by molar-refractivity contribution is -0.0855. The van der Waals surface area contributed by atoms with E-state index in [0.717, 1.165) is 26.3 Å². The van der Waals surface area contributed by atoms with Crippen molar-refractivity contribution in [2.45, 2.75) is 20.0 Å². The SMILES string of the molecule is CB(C)CC12COCC1CN(O)C2. The zero-order valence-electron chi connectivity index (χ0n) is 8.49. The van der Waals surface area contributed by atoms with Crippen molar-refractivity contribution in [3.8, 4) is 0 Å². The maximum atomic E-state index is 9.49. The van der Waals surface area contributed by atoms with Crippen LogP contribution in [0, 0.1) is 11.3 Å². The fourth-order valence-electron chi connectivity index (χ4n) is 2.91. The van der Waals surface area contributed by atoms with Crippen molar-refractivity contribution >= 4 is 6.71 Å². The van der Waals surface area contributed by atoms with Crippen LogP contribution in [0.1, 0.15) is 0 Å². The summed E-state index contributed by atoms with van der Waals surface area (Å²) in [6.45, 7) is 8.45. The summed E-state index contributed by atoms with van der Waals surface area (Å²) in [6.07, 6.45) is 1.18. The van der Waals surface area contributed by atoms with Crippen LogP contribution in [0.4, 0.5) is 0 Å². The summed E-state index contributed by atoms with van der Waals surface area (Å²) < 4.78 is 5.53. The highest BCUT2D eigenvalue weighted by Gasteiger charge is 2.50. The first-order chi connectivity index (χ1) is 6.12. The second-order valence-electron chi connectivity index (χ2n) is 5.02. The molecular formula is C9H18BNO2. The fraction of sp³-hybridized carbons (Fsp3) is 1.00. The third-order valence-corrected chi connectivity index (χ3v) is 3.32. The van der Waals surface area contributed by atoms with Crippen molar-refractivity contribution in [2.75, 3.05) is 26.3 Å². The van der Waals surface area contributed by atoms with Crippen molar-refractivity contribution < 1.29 is 9.94 Å². The van der Waals surface area contributed by atoms with Crippen molar-refractivity contribution in [1.29, 1.82) is 0 Å². The predicted octanol–water partition coefficient (Wildman–Crippen LogP) is 1.08. The van der Waals surface area contributed by atoms with E-state index in [9.17, 15) is 5.21 Å². The molecule has 2 aliphatic heterocycles. The van der Waals surface area contributed by atoms with Gasteiger partial charge in [-0.25, -0.2) is 0 Å². The Labute approximate surface area is 80.1 Å². The minimum atomic E-state index is 0.253. The number of hydroxylamine groups is 2. The van der Waals surface area contributed by atoms with Crippen LogP contribution in [0.25, 0.3) is 0 Å². The summed E-state index contributed by atoms with van der Waals surface area (Å²) >= 11 is 0. The van der Waals surface area contributed by atoms with Gasteiger partial charge >= 0.3 is 0 Å². The smallest absolute Gasteiger partial charge is 0.134 e. The molecule has 2 atom stereocenters. The van der Waals surface area contributed by atoms with Gasteiger partial charge in [-0.1, -0.05) is 20.0 Å². The van der Waals surface area contributed by atoms with Crippen LogP contribution in [-0.4, -0.2) is 43.3 Å².